The van der Waals surface area contributed by atoms with E-state index in [1.165, 1.54) is 7.11 Å². The number of fused-ring (bicyclic) bond motifs is 1. The van der Waals surface area contributed by atoms with Crippen LogP contribution in [0.25, 0.3) is 0 Å². The van der Waals surface area contributed by atoms with E-state index in [2.05, 4.69) is 10.1 Å². The molecule has 0 N–H and O–H groups in total. The number of hydrogen-bond donors (Lipinski definition) is 0. The van der Waals surface area contributed by atoms with Gasteiger partial charge < -0.3 is 14.2 Å². The zero-order valence-electron chi connectivity index (χ0n) is 15.9. The van der Waals surface area contributed by atoms with E-state index >= 15 is 0 Å². The van der Waals surface area contributed by atoms with Crippen LogP contribution in [0.3, 0.4) is 0 Å². The number of methoxy groups -OCH3 is 1. The Balaban J connectivity index is 1.41. The Kier molecular flexibility index (Phi) is 4.18. The average Bonchev–Trinajstić information content (AvgIpc) is 3.38. The molecule has 2 unspecified atom stereocenters. The van der Waals surface area contributed by atoms with Crippen molar-refractivity contribution in [2.24, 2.45) is 0 Å². The first kappa shape index (κ1) is 17.4. The van der Waals surface area contributed by atoms with Crippen molar-refractivity contribution >= 4 is 11.9 Å². The fourth-order valence-corrected chi connectivity index (χ4v) is 4.51. The van der Waals surface area contributed by atoms with Gasteiger partial charge in [-0.15, -0.1) is 0 Å². The number of benzene rings is 1. The van der Waals surface area contributed by atoms with E-state index in [1.807, 2.05) is 11.0 Å². The third-order valence-electron chi connectivity index (χ3n) is 6.21. The summed E-state index contributed by atoms with van der Waals surface area (Å²) in [5, 5.41) is 4.17. The highest BCUT2D eigenvalue weighted by molar-refractivity contribution is 6.01. The van der Waals surface area contributed by atoms with Gasteiger partial charge in [-0.05, 0) is 43.4 Å². The van der Waals surface area contributed by atoms with Gasteiger partial charge in [0.15, 0.2) is 5.82 Å². The highest BCUT2D eigenvalue weighted by Crippen LogP contribution is 2.42. The summed E-state index contributed by atoms with van der Waals surface area (Å²) in [6.45, 7) is 0.556. The number of amides is 1. The van der Waals surface area contributed by atoms with Gasteiger partial charge in [0.25, 0.3) is 5.91 Å². The second kappa shape index (κ2) is 6.72. The molecule has 0 saturated heterocycles. The Hall–Kier alpha value is -2.70. The molecule has 5 rings (SSSR count). The standard InChI is InChI=1S/C21H23N3O4/c1-27-21(26)13-8-9-14-11-24(20(25)16(14)10-13)17-5-3-2-4-15(17)19-22-18(23-28-19)12-6-7-12/h8-10,12,15,17H,2-7,11H2,1H3. The minimum absolute atomic E-state index is 0.0282. The maximum absolute atomic E-state index is 13.2. The van der Waals surface area contributed by atoms with Crippen molar-refractivity contribution in [3.63, 3.8) is 0 Å². The molecule has 2 heterocycles. The highest BCUT2D eigenvalue weighted by atomic mass is 16.5. The predicted octanol–water partition coefficient (Wildman–Crippen LogP) is 3.42. The minimum Gasteiger partial charge on any atom is -0.465 e. The van der Waals surface area contributed by atoms with E-state index in [-0.39, 0.29) is 17.9 Å². The second-order valence-electron chi connectivity index (χ2n) is 8.02. The smallest absolute Gasteiger partial charge is 0.337 e. The van der Waals surface area contributed by atoms with E-state index in [1.54, 1.807) is 12.1 Å². The van der Waals surface area contributed by atoms with Crippen LogP contribution in [0.15, 0.2) is 22.7 Å². The van der Waals surface area contributed by atoms with E-state index < -0.39 is 5.97 Å². The molecule has 7 heteroatoms. The Morgan fingerprint density at radius 2 is 2.04 bits per heavy atom. The number of ether oxygens (including phenoxy) is 1. The third kappa shape index (κ3) is 2.89. The van der Waals surface area contributed by atoms with E-state index in [0.29, 0.717) is 29.5 Å². The molecule has 1 aromatic heterocycles. The Bertz CT molecular complexity index is 933. The zero-order valence-corrected chi connectivity index (χ0v) is 15.9. The van der Waals surface area contributed by atoms with Gasteiger partial charge in [0.1, 0.15) is 0 Å². The van der Waals surface area contributed by atoms with Crippen molar-refractivity contribution in [3.05, 3.63) is 46.6 Å². The van der Waals surface area contributed by atoms with Crippen LogP contribution in [0.5, 0.6) is 0 Å². The second-order valence-corrected chi connectivity index (χ2v) is 8.02. The highest BCUT2D eigenvalue weighted by Gasteiger charge is 2.41. The summed E-state index contributed by atoms with van der Waals surface area (Å²) in [5.41, 5.74) is 1.95. The fraction of sp³-hybridized carbons (Fsp3) is 0.524. The predicted molar refractivity (Wildman–Crippen MR) is 98.9 cm³/mol. The van der Waals surface area contributed by atoms with Crippen LogP contribution >= 0.6 is 0 Å². The number of nitrogens with zero attached hydrogens (tertiary/aromatic N) is 3. The van der Waals surface area contributed by atoms with Gasteiger partial charge in [-0.1, -0.05) is 24.1 Å². The maximum atomic E-state index is 13.2. The summed E-state index contributed by atoms with van der Waals surface area (Å²) < 4.78 is 10.4. The molecule has 0 spiro atoms. The largest absolute Gasteiger partial charge is 0.465 e. The van der Waals surface area contributed by atoms with Gasteiger partial charge in [0.05, 0.1) is 18.6 Å². The van der Waals surface area contributed by atoms with Gasteiger partial charge in [-0.25, -0.2) is 4.79 Å². The van der Waals surface area contributed by atoms with Crippen molar-refractivity contribution in [1.29, 1.82) is 0 Å². The molecule has 28 heavy (non-hydrogen) atoms. The SMILES string of the molecule is COC(=O)c1ccc2c(c1)C(=O)N(C1CCCCC1c1nc(C3CC3)no1)C2. The van der Waals surface area contributed by atoms with Crippen molar-refractivity contribution in [2.45, 2.75) is 62.9 Å². The Morgan fingerprint density at radius 3 is 2.82 bits per heavy atom. The number of carbonyl (C=O) groups excluding carboxylic acids is 2. The molecule has 0 radical (unpaired) electrons. The Labute approximate surface area is 163 Å². The average molecular weight is 381 g/mol. The van der Waals surface area contributed by atoms with Crippen LogP contribution in [-0.4, -0.2) is 40.1 Å². The van der Waals surface area contributed by atoms with E-state index in [9.17, 15) is 9.59 Å². The van der Waals surface area contributed by atoms with Gasteiger partial charge >= 0.3 is 5.97 Å². The molecule has 1 amide bonds. The Morgan fingerprint density at radius 1 is 1.21 bits per heavy atom. The first-order chi connectivity index (χ1) is 13.7. The molecule has 2 aliphatic carbocycles. The van der Waals surface area contributed by atoms with Crippen LogP contribution in [0.1, 0.15) is 88.4 Å². The van der Waals surface area contributed by atoms with Crippen LogP contribution < -0.4 is 0 Å². The van der Waals surface area contributed by atoms with Gasteiger partial charge in [0, 0.05) is 24.1 Å². The molecule has 3 aliphatic rings. The van der Waals surface area contributed by atoms with Gasteiger partial charge in [0.2, 0.25) is 5.89 Å². The minimum atomic E-state index is -0.428. The lowest BCUT2D eigenvalue weighted by Gasteiger charge is -2.36. The van der Waals surface area contributed by atoms with Crippen molar-refractivity contribution in [1.82, 2.24) is 15.0 Å². The van der Waals surface area contributed by atoms with Crippen LogP contribution in [0.4, 0.5) is 0 Å². The number of carbonyl (C=O) groups is 2. The molecule has 0 bridgehead atoms. The molecular weight excluding hydrogens is 358 g/mol. The number of aromatic nitrogens is 2. The normalized spacial score (nSPS) is 24.3. The summed E-state index contributed by atoms with van der Waals surface area (Å²) in [6, 6.07) is 5.27. The zero-order chi connectivity index (χ0) is 19.3. The van der Waals surface area contributed by atoms with E-state index in [0.717, 1.165) is 49.9 Å². The first-order valence-electron chi connectivity index (χ1n) is 10.0. The summed E-state index contributed by atoms with van der Waals surface area (Å²) in [6.07, 6.45) is 6.33. The summed E-state index contributed by atoms with van der Waals surface area (Å²) in [5.74, 6) is 1.56. The van der Waals surface area contributed by atoms with Crippen LogP contribution in [-0.2, 0) is 11.3 Å². The first-order valence-corrected chi connectivity index (χ1v) is 10.0. The van der Waals surface area contributed by atoms with Crippen molar-refractivity contribution in [2.75, 3.05) is 7.11 Å². The molecule has 146 valence electrons. The van der Waals surface area contributed by atoms with Gasteiger partial charge in [-0.2, -0.15) is 4.98 Å². The molecule has 1 aliphatic heterocycles. The van der Waals surface area contributed by atoms with Crippen molar-refractivity contribution < 1.29 is 18.8 Å². The summed E-state index contributed by atoms with van der Waals surface area (Å²) in [7, 11) is 1.34. The van der Waals surface area contributed by atoms with Gasteiger partial charge in [-0.3, -0.25) is 4.79 Å². The number of rotatable bonds is 4. The monoisotopic (exact) mass is 381 g/mol. The molecule has 2 aromatic rings. The summed E-state index contributed by atoms with van der Waals surface area (Å²) >= 11 is 0. The third-order valence-corrected chi connectivity index (χ3v) is 6.21. The molecule has 1 aromatic carbocycles. The quantitative estimate of drug-likeness (QED) is 0.755. The fourth-order valence-electron chi connectivity index (χ4n) is 4.51. The molecular formula is C21H23N3O4. The maximum Gasteiger partial charge on any atom is 0.337 e. The lowest BCUT2D eigenvalue weighted by atomic mass is 9.83. The lowest BCUT2D eigenvalue weighted by Crippen LogP contribution is -2.41. The number of esters is 1. The van der Waals surface area contributed by atoms with Crippen LogP contribution in [0, 0.1) is 0 Å². The summed E-state index contributed by atoms with van der Waals surface area (Å²) in [4.78, 5) is 31.6. The molecule has 7 nitrogen and oxygen atoms in total. The number of hydrogen-bond acceptors (Lipinski definition) is 6. The van der Waals surface area contributed by atoms with Crippen molar-refractivity contribution in [3.8, 4) is 0 Å². The lowest BCUT2D eigenvalue weighted by molar-refractivity contribution is 0.0600. The molecule has 2 saturated carbocycles. The van der Waals surface area contributed by atoms with Crippen LogP contribution in [0.2, 0.25) is 0 Å². The topological polar surface area (TPSA) is 85.5 Å². The van der Waals surface area contributed by atoms with E-state index in [4.69, 9.17) is 9.26 Å². The molecule has 2 atom stereocenters. The molecule has 2 fully saturated rings.